The summed E-state index contributed by atoms with van der Waals surface area (Å²) in [6.07, 6.45) is -0.635. The molecular formula is C23H32N4O7Si. The second-order valence-electron chi connectivity index (χ2n) is 10.6. The predicted octanol–water partition coefficient (Wildman–Crippen LogP) is 2.99. The SMILES string of the molecule is CC(O[Si](C)(C)C(C)(C)C)C1C(=O)NC1(C)C(Cc1ccc([N+](=O)[O-])cc1)C(=O)C(=[N+]=[N-])C(=O)O. The Morgan fingerprint density at radius 1 is 1.31 bits per heavy atom. The number of hydrogen-bond acceptors (Lipinski definition) is 6. The van der Waals surface area contributed by atoms with Gasteiger partial charge in [0.1, 0.15) is 0 Å². The number of nitro groups is 1. The van der Waals surface area contributed by atoms with Crippen LogP contribution in [0.15, 0.2) is 24.3 Å². The number of Topliss-reactive ketones (excluding diaryl/α,β-unsaturated/α-hetero) is 1. The molecule has 1 saturated heterocycles. The third-order valence-electron chi connectivity index (χ3n) is 7.24. The lowest BCUT2D eigenvalue weighted by Crippen LogP contribution is -2.76. The zero-order valence-electron chi connectivity index (χ0n) is 21.0. The minimum Gasteiger partial charge on any atom is -0.472 e. The molecule has 1 aromatic carbocycles. The second kappa shape index (κ2) is 9.80. The third-order valence-corrected chi connectivity index (χ3v) is 11.8. The summed E-state index contributed by atoms with van der Waals surface area (Å²) in [4.78, 5) is 50.7. The number of ketones is 1. The molecule has 11 nitrogen and oxygen atoms in total. The zero-order valence-corrected chi connectivity index (χ0v) is 22.0. The van der Waals surface area contributed by atoms with Crippen molar-refractivity contribution < 1.29 is 33.6 Å². The molecule has 0 bridgehead atoms. The molecule has 1 aliphatic heterocycles. The summed E-state index contributed by atoms with van der Waals surface area (Å²) >= 11 is 0. The molecule has 0 radical (unpaired) electrons. The number of carbonyl (C=O) groups is 3. The van der Waals surface area contributed by atoms with Crippen molar-refractivity contribution in [1.82, 2.24) is 5.32 Å². The van der Waals surface area contributed by atoms with Crippen LogP contribution in [0.5, 0.6) is 0 Å². The van der Waals surface area contributed by atoms with Crippen LogP contribution in [-0.4, -0.2) is 58.2 Å². The number of amides is 1. The van der Waals surface area contributed by atoms with Gasteiger partial charge < -0.3 is 20.4 Å². The number of rotatable bonds is 10. The molecule has 1 aromatic rings. The summed E-state index contributed by atoms with van der Waals surface area (Å²) in [5.41, 5.74) is 7.30. The van der Waals surface area contributed by atoms with Crippen molar-refractivity contribution in [3.05, 3.63) is 45.5 Å². The van der Waals surface area contributed by atoms with E-state index in [4.69, 9.17) is 4.43 Å². The molecule has 190 valence electrons. The normalized spacial score (nSPS) is 21.7. The maximum Gasteiger partial charge on any atom is 0.441 e. The number of carbonyl (C=O) groups excluding carboxylic acids is 2. The molecule has 1 heterocycles. The molecule has 4 unspecified atom stereocenters. The van der Waals surface area contributed by atoms with E-state index in [1.807, 2.05) is 13.1 Å². The Morgan fingerprint density at radius 2 is 1.86 bits per heavy atom. The fourth-order valence-electron chi connectivity index (χ4n) is 4.26. The summed E-state index contributed by atoms with van der Waals surface area (Å²) < 4.78 is 6.42. The Hall–Kier alpha value is -3.21. The molecular weight excluding hydrogens is 472 g/mol. The number of non-ortho nitro benzene ring substituents is 1. The van der Waals surface area contributed by atoms with Gasteiger partial charge in [0.25, 0.3) is 11.5 Å². The van der Waals surface area contributed by atoms with Crippen molar-refractivity contribution in [2.75, 3.05) is 0 Å². The van der Waals surface area contributed by atoms with E-state index in [1.165, 1.54) is 24.3 Å². The average Bonchev–Trinajstić information content (AvgIpc) is 2.70. The van der Waals surface area contributed by atoms with Gasteiger partial charge in [0.2, 0.25) is 5.91 Å². The molecule has 2 N–H and O–H groups in total. The minimum absolute atomic E-state index is 0.0524. The summed E-state index contributed by atoms with van der Waals surface area (Å²) in [5, 5.41) is 23.0. The Balaban J connectivity index is 2.49. The molecule has 0 spiro atoms. The van der Waals surface area contributed by atoms with Gasteiger partial charge in [-0.3, -0.25) is 19.7 Å². The molecule has 2 rings (SSSR count). The smallest absolute Gasteiger partial charge is 0.441 e. The molecule has 1 aliphatic rings. The Bertz CT molecular complexity index is 1090. The fraction of sp³-hybridized carbons (Fsp3) is 0.565. The largest absolute Gasteiger partial charge is 0.472 e. The first-order chi connectivity index (χ1) is 16.0. The van der Waals surface area contributed by atoms with Crippen LogP contribution in [0.1, 0.15) is 40.2 Å². The van der Waals surface area contributed by atoms with Crippen molar-refractivity contribution in [2.45, 2.75) is 70.8 Å². The maximum absolute atomic E-state index is 13.3. The average molecular weight is 505 g/mol. The summed E-state index contributed by atoms with van der Waals surface area (Å²) in [6, 6.07) is 5.47. The number of nitro benzene ring substituents is 1. The fourth-order valence-corrected chi connectivity index (χ4v) is 5.68. The van der Waals surface area contributed by atoms with Crippen molar-refractivity contribution in [3.63, 3.8) is 0 Å². The van der Waals surface area contributed by atoms with Crippen LogP contribution < -0.4 is 5.32 Å². The van der Waals surface area contributed by atoms with E-state index >= 15 is 0 Å². The molecule has 0 saturated carbocycles. The van der Waals surface area contributed by atoms with Crippen LogP contribution in [0.4, 0.5) is 5.69 Å². The molecule has 0 aliphatic carbocycles. The van der Waals surface area contributed by atoms with Gasteiger partial charge in [-0.05, 0) is 44.0 Å². The highest BCUT2D eigenvalue weighted by Crippen LogP contribution is 2.44. The predicted molar refractivity (Wildman–Crippen MR) is 129 cm³/mol. The highest BCUT2D eigenvalue weighted by Gasteiger charge is 2.61. The van der Waals surface area contributed by atoms with Crippen molar-refractivity contribution in [3.8, 4) is 0 Å². The lowest BCUT2D eigenvalue weighted by Gasteiger charge is -2.54. The topological polar surface area (TPSA) is 172 Å². The molecule has 35 heavy (non-hydrogen) atoms. The monoisotopic (exact) mass is 504 g/mol. The Morgan fingerprint density at radius 3 is 2.26 bits per heavy atom. The van der Waals surface area contributed by atoms with E-state index in [2.05, 4.69) is 30.9 Å². The van der Waals surface area contributed by atoms with E-state index in [-0.39, 0.29) is 23.1 Å². The van der Waals surface area contributed by atoms with Crippen LogP contribution in [0, 0.1) is 22.0 Å². The Labute approximate surface area is 204 Å². The number of hydrogen-bond donors (Lipinski definition) is 2. The zero-order chi connectivity index (χ0) is 26.9. The van der Waals surface area contributed by atoms with Gasteiger partial charge in [-0.2, -0.15) is 4.79 Å². The first kappa shape index (κ1) is 28.0. The molecule has 1 amide bonds. The van der Waals surface area contributed by atoms with Crippen LogP contribution >= 0.6 is 0 Å². The van der Waals surface area contributed by atoms with E-state index < -0.39 is 54.2 Å². The van der Waals surface area contributed by atoms with E-state index in [0.717, 1.165) is 0 Å². The lowest BCUT2D eigenvalue weighted by molar-refractivity contribution is -0.384. The summed E-state index contributed by atoms with van der Waals surface area (Å²) in [6.45, 7) is 13.6. The van der Waals surface area contributed by atoms with Crippen LogP contribution in [0.3, 0.4) is 0 Å². The highest BCUT2D eigenvalue weighted by molar-refractivity contribution is 6.74. The number of benzene rings is 1. The molecule has 1 fully saturated rings. The van der Waals surface area contributed by atoms with Crippen LogP contribution in [0.2, 0.25) is 18.1 Å². The van der Waals surface area contributed by atoms with Gasteiger partial charge in [0.05, 0.1) is 28.4 Å². The number of carboxylic acids is 1. The highest BCUT2D eigenvalue weighted by atomic mass is 28.4. The number of β-lactam (4-membered cyclic amide) rings is 1. The number of carboxylic acid groups (broad SMARTS) is 1. The minimum atomic E-state index is -2.29. The van der Waals surface area contributed by atoms with Crippen molar-refractivity contribution in [1.29, 1.82) is 0 Å². The van der Waals surface area contributed by atoms with E-state index in [1.54, 1.807) is 13.8 Å². The van der Waals surface area contributed by atoms with Gasteiger partial charge in [0, 0.05) is 12.1 Å². The van der Waals surface area contributed by atoms with E-state index in [0.29, 0.717) is 5.56 Å². The van der Waals surface area contributed by atoms with Gasteiger partial charge in [-0.15, -0.1) is 0 Å². The Kier molecular flexibility index (Phi) is 7.85. The van der Waals surface area contributed by atoms with Gasteiger partial charge in [-0.1, -0.05) is 32.9 Å². The standard InChI is InChI=1S/C23H32N4O7Si/c1-13(34-35(6,7)22(2,3)4)17-20(29)25-23(17,5)16(19(28)18(26-24)21(30)31)12-14-8-10-15(11-9-14)27(32)33/h8-11,13,16-17H,12H2,1-7H3,(H,25,29)(H,30,31). The number of nitrogens with zero attached hydrogens (tertiary/aromatic N) is 3. The summed E-state index contributed by atoms with van der Waals surface area (Å²) in [7, 11) is -2.29. The second-order valence-corrected chi connectivity index (χ2v) is 15.4. The van der Waals surface area contributed by atoms with Gasteiger partial charge in [0.15, 0.2) is 8.32 Å². The molecule has 0 aromatic heterocycles. The van der Waals surface area contributed by atoms with Gasteiger partial charge >= 0.3 is 11.7 Å². The van der Waals surface area contributed by atoms with E-state index in [9.17, 15) is 35.1 Å². The third kappa shape index (κ3) is 5.55. The molecule has 12 heteroatoms. The maximum atomic E-state index is 13.3. The number of nitrogens with one attached hydrogen (secondary N) is 1. The number of aliphatic carboxylic acids is 1. The first-order valence-electron chi connectivity index (χ1n) is 11.2. The van der Waals surface area contributed by atoms with Crippen molar-refractivity contribution in [2.24, 2.45) is 11.8 Å². The lowest BCUT2D eigenvalue weighted by atomic mass is 9.63. The summed E-state index contributed by atoms with van der Waals surface area (Å²) in [5.74, 6) is -4.93. The van der Waals surface area contributed by atoms with Crippen LogP contribution in [0.25, 0.3) is 5.53 Å². The van der Waals surface area contributed by atoms with Crippen LogP contribution in [-0.2, 0) is 25.2 Å². The molecule has 4 atom stereocenters. The van der Waals surface area contributed by atoms with Gasteiger partial charge in [-0.25, -0.2) is 4.79 Å². The first-order valence-corrected chi connectivity index (χ1v) is 14.1. The van der Waals surface area contributed by atoms with Crippen molar-refractivity contribution >= 4 is 37.4 Å². The quantitative estimate of drug-likeness (QED) is 0.0720.